The van der Waals surface area contributed by atoms with E-state index in [9.17, 15) is 4.79 Å². The minimum atomic E-state index is 0.125. The Kier molecular flexibility index (Phi) is 3.49. The van der Waals surface area contributed by atoms with Crippen LogP contribution in [0, 0.1) is 0 Å². The van der Waals surface area contributed by atoms with Gasteiger partial charge in [-0.25, -0.2) is 4.98 Å². The van der Waals surface area contributed by atoms with Gasteiger partial charge < -0.3 is 4.90 Å². The van der Waals surface area contributed by atoms with E-state index in [0.717, 1.165) is 22.9 Å². The second-order valence-corrected chi connectivity index (χ2v) is 5.09. The molecular formula is C11H16N2OS. The summed E-state index contributed by atoms with van der Waals surface area (Å²) in [5, 5.41) is 1.09. The van der Waals surface area contributed by atoms with Crippen LogP contribution in [0.5, 0.6) is 0 Å². The largest absolute Gasteiger partial charge is 0.303 e. The summed E-state index contributed by atoms with van der Waals surface area (Å²) in [5.74, 6) is 0.125. The molecule has 82 valence electrons. The second kappa shape index (κ2) is 4.86. The average Bonchev–Trinajstić information content (AvgIpc) is 2.86. The molecule has 4 heteroatoms. The molecular weight excluding hydrogens is 208 g/mol. The molecule has 0 saturated carbocycles. The minimum absolute atomic E-state index is 0.125. The number of nitrogens with zero attached hydrogens (tertiary/aromatic N) is 2. The van der Waals surface area contributed by atoms with Crippen LogP contribution in [0.4, 0.5) is 0 Å². The number of carbonyl (C=O) groups is 1. The van der Waals surface area contributed by atoms with Crippen molar-refractivity contribution in [2.45, 2.75) is 26.2 Å². The highest BCUT2D eigenvalue weighted by molar-refractivity contribution is 7.13. The monoisotopic (exact) mass is 224 g/mol. The van der Waals surface area contributed by atoms with Gasteiger partial charge in [0.15, 0.2) is 5.78 Å². The van der Waals surface area contributed by atoms with Crippen molar-refractivity contribution in [2.24, 2.45) is 0 Å². The molecule has 1 fully saturated rings. The molecule has 0 spiro atoms. The Bertz CT molecular complexity index is 342. The fourth-order valence-corrected chi connectivity index (χ4v) is 2.65. The average molecular weight is 224 g/mol. The van der Waals surface area contributed by atoms with E-state index >= 15 is 0 Å². The molecule has 2 heterocycles. The molecule has 1 aliphatic heterocycles. The van der Waals surface area contributed by atoms with Gasteiger partial charge in [-0.2, -0.15) is 0 Å². The van der Waals surface area contributed by atoms with E-state index in [2.05, 4.69) is 9.88 Å². The number of carbonyl (C=O) groups excluding carboxylic acids is 1. The number of Topliss-reactive ketones (excluding diaryl/α,β-unsaturated/α-hetero) is 1. The first-order chi connectivity index (χ1) is 7.25. The van der Waals surface area contributed by atoms with Gasteiger partial charge in [-0.1, -0.05) is 0 Å². The van der Waals surface area contributed by atoms with Crippen LogP contribution in [0.1, 0.15) is 34.4 Å². The zero-order chi connectivity index (χ0) is 10.7. The highest BCUT2D eigenvalue weighted by Gasteiger charge is 2.12. The van der Waals surface area contributed by atoms with Crippen molar-refractivity contribution in [3.63, 3.8) is 0 Å². The molecule has 0 unspecified atom stereocenters. The summed E-state index contributed by atoms with van der Waals surface area (Å²) in [6.45, 7) is 5.14. The van der Waals surface area contributed by atoms with Gasteiger partial charge in [0.05, 0.1) is 9.88 Å². The predicted molar refractivity (Wildman–Crippen MR) is 61.5 cm³/mol. The topological polar surface area (TPSA) is 33.2 Å². The van der Waals surface area contributed by atoms with E-state index in [-0.39, 0.29) is 5.78 Å². The Morgan fingerprint density at radius 2 is 2.27 bits per heavy atom. The standard InChI is InChI=1S/C11H16N2OS/c1-9(14)10-8-12-11(15-10)4-7-13-5-2-3-6-13/h8H,2-7H2,1H3. The van der Waals surface area contributed by atoms with Gasteiger partial charge in [0.2, 0.25) is 0 Å². The maximum Gasteiger partial charge on any atom is 0.171 e. The normalized spacial score (nSPS) is 17.1. The number of ketones is 1. The molecule has 1 aromatic heterocycles. The van der Waals surface area contributed by atoms with Crippen molar-refractivity contribution >= 4 is 17.1 Å². The van der Waals surface area contributed by atoms with E-state index < -0.39 is 0 Å². The number of aromatic nitrogens is 1. The number of hydrogen-bond acceptors (Lipinski definition) is 4. The van der Waals surface area contributed by atoms with E-state index in [1.54, 1.807) is 13.1 Å². The van der Waals surface area contributed by atoms with E-state index in [4.69, 9.17) is 0 Å². The van der Waals surface area contributed by atoms with Gasteiger partial charge in [-0.05, 0) is 25.9 Å². The number of likely N-dealkylation sites (tertiary alicyclic amines) is 1. The summed E-state index contributed by atoms with van der Waals surface area (Å²) in [6.07, 6.45) is 5.34. The van der Waals surface area contributed by atoms with Crippen LogP contribution in [-0.2, 0) is 6.42 Å². The summed E-state index contributed by atoms with van der Waals surface area (Å²) in [6, 6.07) is 0. The van der Waals surface area contributed by atoms with Crippen molar-refractivity contribution in [1.82, 2.24) is 9.88 Å². The van der Waals surface area contributed by atoms with E-state index in [1.807, 2.05) is 0 Å². The maximum atomic E-state index is 11.1. The summed E-state index contributed by atoms with van der Waals surface area (Å²) < 4.78 is 0. The minimum Gasteiger partial charge on any atom is -0.303 e. The van der Waals surface area contributed by atoms with Crippen LogP contribution in [-0.4, -0.2) is 35.3 Å². The number of rotatable bonds is 4. The van der Waals surface area contributed by atoms with Crippen molar-refractivity contribution in [3.8, 4) is 0 Å². The Balaban J connectivity index is 1.84. The van der Waals surface area contributed by atoms with Gasteiger partial charge >= 0.3 is 0 Å². The lowest BCUT2D eigenvalue weighted by molar-refractivity contribution is 0.102. The van der Waals surface area contributed by atoms with Crippen LogP contribution >= 0.6 is 11.3 Å². The fraction of sp³-hybridized carbons (Fsp3) is 0.636. The molecule has 0 aromatic carbocycles. The van der Waals surface area contributed by atoms with Crippen LogP contribution < -0.4 is 0 Å². The Labute approximate surface area is 94.1 Å². The first kappa shape index (κ1) is 10.8. The molecule has 0 N–H and O–H groups in total. The van der Waals surface area contributed by atoms with E-state index in [1.165, 1.54) is 37.3 Å². The zero-order valence-corrected chi connectivity index (χ0v) is 9.85. The van der Waals surface area contributed by atoms with Crippen LogP contribution in [0.15, 0.2) is 6.20 Å². The third kappa shape index (κ3) is 2.86. The molecule has 1 aliphatic rings. The summed E-state index contributed by atoms with van der Waals surface area (Å²) in [4.78, 5) is 18.6. The van der Waals surface area contributed by atoms with Crippen molar-refractivity contribution < 1.29 is 4.79 Å². The molecule has 15 heavy (non-hydrogen) atoms. The Morgan fingerprint density at radius 3 is 2.87 bits per heavy atom. The van der Waals surface area contributed by atoms with Crippen molar-refractivity contribution in [2.75, 3.05) is 19.6 Å². The molecule has 0 aliphatic carbocycles. The smallest absolute Gasteiger partial charge is 0.171 e. The van der Waals surface area contributed by atoms with Gasteiger partial charge in [-0.15, -0.1) is 11.3 Å². The predicted octanol–water partition coefficient (Wildman–Crippen LogP) is 1.98. The van der Waals surface area contributed by atoms with Crippen molar-refractivity contribution in [3.05, 3.63) is 16.1 Å². The fourth-order valence-electron chi connectivity index (χ4n) is 1.85. The molecule has 1 aromatic rings. The van der Waals surface area contributed by atoms with Crippen LogP contribution in [0.2, 0.25) is 0 Å². The Hall–Kier alpha value is -0.740. The second-order valence-electron chi connectivity index (χ2n) is 3.97. The molecule has 0 bridgehead atoms. The molecule has 2 rings (SSSR count). The third-order valence-corrected chi connectivity index (χ3v) is 3.90. The van der Waals surface area contributed by atoms with Gasteiger partial charge in [0.25, 0.3) is 0 Å². The summed E-state index contributed by atoms with van der Waals surface area (Å²) in [5.41, 5.74) is 0. The lowest BCUT2D eigenvalue weighted by Crippen LogP contribution is -2.21. The molecule has 0 amide bonds. The molecule has 0 radical (unpaired) electrons. The highest BCUT2D eigenvalue weighted by Crippen LogP contribution is 2.15. The zero-order valence-electron chi connectivity index (χ0n) is 9.03. The van der Waals surface area contributed by atoms with Gasteiger partial charge in [0.1, 0.15) is 0 Å². The Morgan fingerprint density at radius 1 is 1.53 bits per heavy atom. The quantitative estimate of drug-likeness (QED) is 0.733. The molecule has 3 nitrogen and oxygen atoms in total. The number of thiazole rings is 1. The van der Waals surface area contributed by atoms with Gasteiger partial charge in [0, 0.05) is 26.1 Å². The molecule has 0 atom stereocenters. The van der Waals surface area contributed by atoms with E-state index in [0.29, 0.717) is 0 Å². The van der Waals surface area contributed by atoms with Crippen LogP contribution in [0.3, 0.4) is 0 Å². The summed E-state index contributed by atoms with van der Waals surface area (Å²) >= 11 is 1.54. The first-order valence-electron chi connectivity index (χ1n) is 5.44. The maximum absolute atomic E-state index is 11.1. The highest BCUT2D eigenvalue weighted by atomic mass is 32.1. The number of hydrogen-bond donors (Lipinski definition) is 0. The lowest BCUT2D eigenvalue weighted by atomic mass is 10.4. The lowest BCUT2D eigenvalue weighted by Gasteiger charge is -2.12. The third-order valence-electron chi connectivity index (χ3n) is 2.74. The van der Waals surface area contributed by atoms with Crippen LogP contribution in [0.25, 0.3) is 0 Å². The first-order valence-corrected chi connectivity index (χ1v) is 6.25. The SMILES string of the molecule is CC(=O)c1cnc(CCN2CCCC2)s1. The van der Waals surface area contributed by atoms with Gasteiger partial charge in [-0.3, -0.25) is 4.79 Å². The van der Waals surface area contributed by atoms with Crippen molar-refractivity contribution in [1.29, 1.82) is 0 Å². The molecule has 1 saturated heterocycles. The summed E-state index contributed by atoms with van der Waals surface area (Å²) in [7, 11) is 0.